The van der Waals surface area contributed by atoms with Crippen molar-refractivity contribution >= 4 is 34.4 Å². The number of aliphatic hydroxyl groups is 1. The summed E-state index contributed by atoms with van der Waals surface area (Å²) in [5.74, 6) is -0.0955. The second-order valence-electron chi connectivity index (χ2n) is 3.97. The summed E-state index contributed by atoms with van der Waals surface area (Å²) >= 11 is 11.2. The molecule has 100 valence electrons. The zero-order valence-corrected chi connectivity index (χ0v) is 10.9. The summed E-state index contributed by atoms with van der Waals surface area (Å²) < 4.78 is 6.93. The molecule has 0 saturated carbocycles. The van der Waals surface area contributed by atoms with Crippen LogP contribution in [0, 0.1) is 0 Å². The number of fused-ring (bicyclic) bond motifs is 1. The van der Waals surface area contributed by atoms with Crippen molar-refractivity contribution in [1.82, 2.24) is 19.5 Å². The van der Waals surface area contributed by atoms with Gasteiger partial charge in [0.1, 0.15) is 23.3 Å². The van der Waals surface area contributed by atoms with Crippen LogP contribution in [0.25, 0.3) is 11.2 Å². The van der Waals surface area contributed by atoms with Crippen LogP contribution in [0.2, 0.25) is 0 Å². The van der Waals surface area contributed by atoms with Gasteiger partial charge in [0.15, 0.2) is 23.2 Å². The minimum Gasteiger partial charge on any atom is -0.492 e. The van der Waals surface area contributed by atoms with Crippen LogP contribution in [0.15, 0.2) is 22.9 Å². The van der Waals surface area contributed by atoms with Gasteiger partial charge < -0.3 is 14.9 Å². The summed E-state index contributed by atoms with van der Waals surface area (Å²) in [5.41, 5.74) is 0.659. The number of aromatic nitrogens is 4. The summed E-state index contributed by atoms with van der Waals surface area (Å²) in [7, 11) is 0. The van der Waals surface area contributed by atoms with E-state index in [1.807, 2.05) is 0 Å². The molecule has 1 saturated heterocycles. The van der Waals surface area contributed by atoms with E-state index in [4.69, 9.17) is 27.9 Å². The van der Waals surface area contributed by atoms with Gasteiger partial charge >= 0.3 is 0 Å². The van der Waals surface area contributed by atoms with Gasteiger partial charge in [-0.05, 0) is 0 Å². The third kappa shape index (κ3) is 1.99. The lowest BCUT2D eigenvalue weighted by Crippen LogP contribution is -2.07. The van der Waals surface area contributed by atoms with Gasteiger partial charge in [0, 0.05) is 6.42 Å². The molecule has 19 heavy (non-hydrogen) atoms. The van der Waals surface area contributed by atoms with Crippen molar-refractivity contribution in [2.24, 2.45) is 0 Å². The van der Waals surface area contributed by atoms with E-state index in [9.17, 15) is 10.2 Å². The number of aromatic hydroxyl groups is 1. The summed E-state index contributed by atoms with van der Waals surface area (Å²) in [6.45, 7) is 0. The first kappa shape index (κ1) is 12.5. The number of aliphatic hydroxyl groups excluding tert-OH is 1. The monoisotopic (exact) mass is 302 g/mol. The van der Waals surface area contributed by atoms with Gasteiger partial charge in [0.2, 0.25) is 5.88 Å². The maximum absolute atomic E-state index is 9.79. The van der Waals surface area contributed by atoms with Gasteiger partial charge in [-0.15, -0.1) is 0 Å². The lowest BCUT2D eigenvalue weighted by molar-refractivity contribution is 0.100. The van der Waals surface area contributed by atoms with Crippen LogP contribution in [0.5, 0.6) is 5.88 Å². The van der Waals surface area contributed by atoms with E-state index < -0.39 is 12.3 Å². The van der Waals surface area contributed by atoms with Crippen LogP contribution in [0.4, 0.5) is 0 Å². The Hall–Kier alpha value is -1.57. The molecular formula is C10H8Cl2N4O3. The fourth-order valence-electron chi connectivity index (χ4n) is 1.96. The molecule has 1 fully saturated rings. The Balaban J connectivity index is 2.03. The number of nitrogens with zero attached hydrogens (tertiary/aromatic N) is 4. The van der Waals surface area contributed by atoms with Gasteiger partial charge in [0.25, 0.3) is 0 Å². The van der Waals surface area contributed by atoms with Crippen molar-refractivity contribution in [2.45, 2.75) is 18.8 Å². The first-order valence-corrected chi connectivity index (χ1v) is 6.10. The molecule has 3 rings (SSSR count). The number of halogens is 2. The average molecular weight is 303 g/mol. The molecule has 1 aliphatic heterocycles. The van der Waals surface area contributed by atoms with E-state index in [0.29, 0.717) is 5.65 Å². The van der Waals surface area contributed by atoms with E-state index in [2.05, 4.69) is 15.0 Å². The minimum absolute atomic E-state index is 0.114. The Morgan fingerprint density at radius 2 is 2.16 bits per heavy atom. The lowest BCUT2D eigenvalue weighted by atomic mass is 10.2. The molecular weight excluding hydrogens is 295 g/mol. The van der Waals surface area contributed by atoms with E-state index in [1.165, 1.54) is 12.7 Å². The topological polar surface area (TPSA) is 93.3 Å². The van der Waals surface area contributed by atoms with Crippen LogP contribution >= 0.6 is 23.2 Å². The van der Waals surface area contributed by atoms with Crippen molar-refractivity contribution in [3.05, 3.63) is 22.9 Å². The van der Waals surface area contributed by atoms with Crippen molar-refractivity contribution < 1.29 is 14.9 Å². The van der Waals surface area contributed by atoms with Gasteiger partial charge in [-0.2, -0.15) is 4.98 Å². The maximum atomic E-state index is 9.79. The molecule has 9 heteroatoms. The third-order valence-electron chi connectivity index (χ3n) is 2.83. The molecule has 0 bridgehead atoms. The molecule has 0 spiro atoms. The van der Waals surface area contributed by atoms with Crippen LogP contribution in [-0.4, -0.2) is 35.8 Å². The molecule has 0 aliphatic carbocycles. The van der Waals surface area contributed by atoms with E-state index in [-0.39, 0.29) is 28.1 Å². The van der Waals surface area contributed by atoms with Gasteiger partial charge in [0.05, 0.1) is 0 Å². The average Bonchev–Trinajstić information content (AvgIpc) is 2.93. The number of imidazole rings is 1. The quantitative estimate of drug-likeness (QED) is 0.828. The molecule has 0 amide bonds. The Labute approximate surface area is 117 Å². The number of hydrogen-bond donors (Lipinski definition) is 2. The molecule has 2 atom stereocenters. The van der Waals surface area contributed by atoms with E-state index in [0.717, 1.165) is 0 Å². The second-order valence-corrected chi connectivity index (χ2v) is 4.92. The molecule has 0 radical (unpaired) electrons. The van der Waals surface area contributed by atoms with Crippen LogP contribution < -0.4 is 0 Å². The summed E-state index contributed by atoms with van der Waals surface area (Å²) in [5, 5.41) is 19.3. The molecule has 1 aliphatic rings. The molecule has 7 nitrogen and oxygen atoms in total. The zero-order valence-electron chi connectivity index (χ0n) is 9.36. The van der Waals surface area contributed by atoms with E-state index in [1.54, 1.807) is 4.57 Å². The molecule has 0 aromatic carbocycles. The van der Waals surface area contributed by atoms with Crippen LogP contribution in [-0.2, 0) is 4.74 Å². The Kier molecular flexibility index (Phi) is 2.96. The first-order chi connectivity index (χ1) is 9.08. The number of hydrogen-bond acceptors (Lipinski definition) is 6. The largest absolute Gasteiger partial charge is 0.492 e. The SMILES string of the molecule is Oc1ncnc2c1ncn2[C@H]1CC(O)C(=C(Cl)Cl)O1. The highest BCUT2D eigenvalue weighted by Gasteiger charge is 2.34. The Bertz CT molecular complexity index is 668. The number of ether oxygens (including phenoxy) is 1. The Morgan fingerprint density at radius 3 is 2.84 bits per heavy atom. The molecule has 2 aromatic rings. The standard InChI is InChI=1S/C10H8Cl2N4O3/c11-8(12)7-4(17)1-5(19-7)16-3-15-6-9(16)13-2-14-10(6)18/h2-5,17H,1H2,(H,13,14,18)/t4?,5-/m1/s1. The predicted octanol–water partition coefficient (Wildman–Crippen LogP) is 1.46. The normalized spacial score (nSPS) is 22.8. The first-order valence-electron chi connectivity index (χ1n) is 5.34. The third-order valence-corrected chi connectivity index (χ3v) is 3.20. The summed E-state index contributed by atoms with van der Waals surface area (Å²) in [4.78, 5) is 11.7. The Morgan fingerprint density at radius 1 is 1.37 bits per heavy atom. The van der Waals surface area contributed by atoms with Gasteiger partial charge in [-0.25, -0.2) is 9.97 Å². The highest BCUT2D eigenvalue weighted by atomic mass is 35.5. The summed E-state index contributed by atoms with van der Waals surface area (Å²) in [6.07, 6.45) is 1.49. The predicted molar refractivity (Wildman–Crippen MR) is 66.5 cm³/mol. The van der Waals surface area contributed by atoms with Gasteiger partial charge in [-0.1, -0.05) is 23.2 Å². The fourth-order valence-corrected chi connectivity index (χ4v) is 2.30. The van der Waals surface area contributed by atoms with Crippen molar-refractivity contribution in [1.29, 1.82) is 0 Å². The van der Waals surface area contributed by atoms with Crippen LogP contribution in [0.3, 0.4) is 0 Å². The summed E-state index contributed by atoms with van der Waals surface area (Å²) in [6, 6.07) is 0. The molecule has 3 heterocycles. The van der Waals surface area contributed by atoms with Gasteiger partial charge in [-0.3, -0.25) is 4.57 Å². The minimum atomic E-state index is -0.886. The maximum Gasteiger partial charge on any atom is 0.242 e. The van der Waals surface area contributed by atoms with Crippen LogP contribution in [0.1, 0.15) is 12.6 Å². The highest BCUT2D eigenvalue weighted by Crippen LogP contribution is 2.36. The number of rotatable bonds is 1. The second kappa shape index (κ2) is 4.52. The molecule has 2 aromatic heterocycles. The molecule has 1 unspecified atom stereocenters. The molecule has 2 N–H and O–H groups in total. The fraction of sp³-hybridized carbons (Fsp3) is 0.300. The van der Waals surface area contributed by atoms with Crippen molar-refractivity contribution in [3.63, 3.8) is 0 Å². The smallest absolute Gasteiger partial charge is 0.242 e. The lowest BCUT2D eigenvalue weighted by Gasteiger charge is -2.12. The highest BCUT2D eigenvalue weighted by molar-refractivity contribution is 6.56. The van der Waals surface area contributed by atoms with Crippen molar-refractivity contribution in [2.75, 3.05) is 0 Å². The zero-order chi connectivity index (χ0) is 13.6. The van der Waals surface area contributed by atoms with E-state index >= 15 is 0 Å². The van der Waals surface area contributed by atoms with Crippen molar-refractivity contribution in [3.8, 4) is 5.88 Å².